The first-order valence-corrected chi connectivity index (χ1v) is 20.8. The van der Waals surface area contributed by atoms with Gasteiger partial charge < -0.3 is 0 Å². The molecule has 0 aromatic heterocycles. The maximum Gasteiger partial charge on any atom is -0.0105 e. The lowest BCUT2D eigenvalue weighted by molar-refractivity contribution is 1.54. The highest BCUT2D eigenvalue weighted by atomic mass is 14.1. The zero-order chi connectivity index (χ0) is 46.7. The lowest BCUT2D eigenvalue weighted by Gasteiger charge is -2.11. The van der Waals surface area contributed by atoms with Crippen molar-refractivity contribution < 1.29 is 0 Å². The molecule has 320 valence electrons. The molecule has 0 heteroatoms. The van der Waals surface area contributed by atoms with Gasteiger partial charge in [-0.15, -0.1) is 0 Å². The van der Waals surface area contributed by atoms with E-state index in [1.807, 2.05) is 231 Å². The van der Waals surface area contributed by atoms with E-state index in [1.54, 1.807) is 24.3 Å². The smallest absolute Gasteiger partial charge is 0.0105 e. The summed E-state index contributed by atoms with van der Waals surface area (Å²) >= 11 is 0. The molecule has 64 heavy (non-hydrogen) atoms. The second-order valence-electron chi connectivity index (χ2n) is 12.9. The highest BCUT2D eigenvalue weighted by molar-refractivity contribution is 5.85. The van der Waals surface area contributed by atoms with Crippen molar-refractivity contribution in [2.75, 3.05) is 0 Å². The molecule has 0 aliphatic rings. The summed E-state index contributed by atoms with van der Waals surface area (Å²) in [6.07, 6.45) is 32.1. The molecule has 0 unspecified atom stereocenters. The Balaban J connectivity index is 0.000000421. The van der Waals surface area contributed by atoms with E-state index < -0.39 is 0 Å². The molecule has 0 saturated heterocycles. The third kappa shape index (κ3) is 25.3. The Labute approximate surface area is 386 Å². The predicted octanol–water partition coefficient (Wildman–Crippen LogP) is 18.5. The molecular weight excluding hydrogens is 769 g/mol. The van der Waals surface area contributed by atoms with Crippen molar-refractivity contribution in [1.29, 1.82) is 0 Å². The second-order valence-corrected chi connectivity index (χ2v) is 12.9. The summed E-state index contributed by atoms with van der Waals surface area (Å²) in [6.45, 7) is 33.2. The molecule has 6 aromatic carbocycles. The third-order valence-electron chi connectivity index (χ3n) is 8.37. The number of allylic oxidation sites excluding steroid dienone is 13. The van der Waals surface area contributed by atoms with Crippen LogP contribution in [0.15, 0.2) is 308 Å². The van der Waals surface area contributed by atoms with E-state index in [9.17, 15) is 0 Å². The highest BCUT2D eigenvalue weighted by Crippen LogP contribution is 2.27. The normalized spacial score (nSPS) is 9.56. The van der Waals surface area contributed by atoms with E-state index in [-0.39, 0.29) is 0 Å². The first kappa shape index (κ1) is 53.7. The summed E-state index contributed by atoms with van der Waals surface area (Å²) in [6, 6.07) is 58.4. The van der Waals surface area contributed by atoms with Crippen LogP contribution >= 0.6 is 0 Å². The molecule has 0 saturated carbocycles. The van der Waals surface area contributed by atoms with Gasteiger partial charge in [0.15, 0.2) is 0 Å². The van der Waals surface area contributed by atoms with Gasteiger partial charge in [-0.1, -0.05) is 338 Å². The number of hydrogen-bond acceptors (Lipinski definition) is 0. The quantitative estimate of drug-likeness (QED) is 0.0959. The Kier molecular flexibility index (Phi) is 31.6. The Morgan fingerprint density at radius 2 is 0.547 bits per heavy atom. The van der Waals surface area contributed by atoms with E-state index in [0.29, 0.717) is 0 Å². The molecule has 0 aliphatic carbocycles. The van der Waals surface area contributed by atoms with Crippen molar-refractivity contribution in [2.45, 2.75) is 0 Å². The Morgan fingerprint density at radius 1 is 0.281 bits per heavy atom. The number of rotatable bonds is 14. The van der Waals surface area contributed by atoms with Gasteiger partial charge in [0, 0.05) is 0 Å². The third-order valence-corrected chi connectivity index (χ3v) is 8.37. The molecule has 0 aliphatic heterocycles. The zero-order valence-corrected chi connectivity index (χ0v) is 37.4. The average molecular weight is 833 g/mol. The fourth-order valence-electron chi connectivity index (χ4n) is 5.09. The molecule has 6 rings (SSSR count). The van der Waals surface area contributed by atoms with Crippen LogP contribution in [0.1, 0.15) is 38.9 Å². The predicted molar refractivity (Wildman–Crippen MR) is 293 cm³/mol. The van der Waals surface area contributed by atoms with E-state index in [0.717, 1.165) is 22.3 Å². The molecule has 0 nitrogen and oxygen atoms in total. The van der Waals surface area contributed by atoms with Gasteiger partial charge >= 0.3 is 0 Å². The summed E-state index contributed by atoms with van der Waals surface area (Å²) in [5.74, 6) is 0. The molecule has 0 atom stereocenters. The van der Waals surface area contributed by atoms with Crippen LogP contribution in [0.25, 0.3) is 42.0 Å². The minimum atomic E-state index is 1.06. The Bertz CT molecular complexity index is 2110. The van der Waals surface area contributed by atoms with Gasteiger partial charge in [-0.2, -0.15) is 0 Å². The van der Waals surface area contributed by atoms with Crippen LogP contribution in [0.5, 0.6) is 0 Å². The van der Waals surface area contributed by atoms with E-state index >= 15 is 0 Å². The Hall–Kier alpha value is -8.32. The van der Waals surface area contributed by atoms with Crippen LogP contribution in [0.2, 0.25) is 0 Å². The first-order chi connectivity index (χ1) is 31.4. The van der Waals surface area contributed by atoms with Crippen molar-refractivity contribution >= 4 is 42.0 Å². The zero-order valence-electron chi connectivity index (χ0n) is 37.4. The second kappa shape index (κ2) is 37.7. The fourth-order valence-corrected chi connectivity index (χ4v) is 5.09. The lowest BCUT2D eigenvalue weighted by atomic mass is 9.94. The lowest BCUT2D eigenvalue weighted by Crippen LogP contribution is -1.90. The van der Waals surface area contributed by atoms with Crippen LogP contribution in [0.3, 0.4) is 0 Å². The molecule has 0 spiro atoms. The molecule has 0 fully saturated rings. The van der Waals surface area contributed by atoms with Gasteiger partial charge in [-0.05, 0) is 50.1 Å². The summed E-state index contributed by atoms with van der Waals surface area (Å²) in [5.41, 5.74) is 10.3. The summed E-state index contributed by atoms with van der Waals surface area (Å²) in [5, 5.41) is 0. The van der Waals surface area contributed by atoms with Crippen molar-refractivity contribution in [2.24, 2.45) is 0 Å². The maximum atomic E-state index is 3.78. The van der Waals surface area contributed by atoms with Crippen molar-refractivity contribution in [3.63, 3.8) is 0 Å². The van der Waals surface area contributed by atoms with Crippen molar-refractivity contribution in [3.05, 3.63) is 346 Å². The minimum Gasteiger partial charge on any atom is -0.0991 e. The van der Waals surface area contributed by atoms with Gasteiger partial charge in [-0.3, -0.25) is 0 Å². The van der Waals surface area contributed by atoms with Crippen LogP contribution in [0, 0.1) is 0 Å². The highest BCUT2D eigenvalue weighted by Gasteiger charge is 2.06. The van der Waals surface area contributed by atoms with Crippen LogP contribution in [0.4, 0.5) is 0 Å². The molecule has 0 bridgehead atoms. The maximum absolute atomic E-state index is 3.78. The van der Waals surface area contributed by atoms with Crippen LogP contribution in [-0.4, -0.2) is 0 Å². The molecule has 0 amide bonds. The first-order valence-electron chi connectivity index (χ1n) is 20.8. The molecule has 0 N–H and O–H groups in total. The summed E-state index contributed by atoms with van der Waals surface area (Å²) in [7, 11) is 0. The van der Waals surface area contributed by atoms with E-state index in [4.69, 9.17) is 0 Å². The average Bonchev–Trinajstić information content (AvgIpc) is 3.38. The SMILES string of the molecule is C=CC=CC(C=CC=C)=C(C=CC=C)c1ccccc1C=CC=C.C=Cc1ccccc1.C=Cc1ccccc1.C=Cc1ccccc1.C=Cc1ccccc1.C=Cc1ccccc1. The van der Waals surface area contributed by atoms with Gasteiger partial charge in [0.1, 0.15) is 0 Å². The monoisotopic (exact) mass is 833 g/mol. The van der Waals surface area contributed by atoms with Crippen molar-refractivity contribution in [3.8, 4) is 0 Å². The van der Waals surface area contributed by atoms with Gasteiger partial charge in [0.2, 0.25) is 0 Å². The molecular formula is C64H64. The van der Waals surface area contributed by atoms with E-state index in [2.05, 4.69) is 83.5 Å². The van der Waals surface area contributed by atoms with Gasteiger partial charge in [0.05, 0.1) is 0 Å². The topological polar surface area (TPSA) is 0 Å². The van der Waals surface area contributed by atoms with Gasteiger partial charge in [-0.25, -0.2) is 0 Å². The van der Waals surface area contributed by atoms with Crippen molar-refractivity contribution in [1.82, 2.24) is 0 Å². The Morgan fingerprint density at radius 3 is 0.812 bits per heavy atom. The minimum absolute atomic E-state index is 1.06. The largest absolute Gasteiger partial charge is 0.0991 e. The van der Waals surface area contributed by atoms with E-state index in [1.165, 1.54) is 27.8 Å². The molecule has 0 heterocycles. The summed E-state index contributed by atoms with van der Waals surface area (Å²) in [4.78, 5) is 0. The molecule has 0 radical (unpaired) electrons. The standard InChI is InChI=1S/C24H24.5C8H8/c1-5-9-15-21(16-10-6-2)23(19-12-8-4)24-20-14-13-18-22(24)17-11-7-3;5*1-2-8-6-4-3-5-7-8/h5-20H,1-4H2;5*2-7H,1H2. The number of benzene rings is 6. The van der Waals surface area contributed by atoms with Gasteiger partial charge in [0.25, 0.3) is 0 Å². The number of hydrogen-bond donors (Lipinski definition) is 0. The summed E-state index contributed by atoms with van der Waals surface area (Å²) < 4.78 is 0. The van der Waals surface area contributed by atoms with Crippen LogP contribution in [-0.2, 0) is 0 Å². The molecule has 6 aromatic rings. The fraction of sp³-hybridized carbons (Fsp3) is 0. The van der Waals surface area contributed by atoms with Crippen LogP contribution < -0.4 is 0 Å².